The molecule has 1 aliphatic carbocycles. The van der Waals surface area contributed by atoms with E-state index in [-0.39, 0.29) is 18.2 Å². The number of aliphatic hydroxyl groups is 1. The Morgan fingerprint density at radius 2 is 1.84 bits per heavy atom. The summed E-state index contributed by atoms with van der Waals surface area (Å²) in [5.41, 5.74) is 7.31. The molecule has 0 spiro atoms. The van der Waals surface area contributed by atoms with Crippen LogP contribution in [0.3, 0.4) is 0 Å². The molecule has 5 nitrogen and oxygen atoms in total. The number of carbonyl (C=O) groups is 1. The zero-order valence-electron chi connectivity index (χ0n) is 10.9. The van der Waals surface area contributed by atoms with E-state index in [9.17, 15) is 9.90 Å². The SMILES string of the molecule is NCc1ccc(NC(=O)NC2CCC(O)CC2)cc1. The van der Waals surface area contributed by atoms with Crippen LogP contribution in [0.15, 0.2) is 24.3 Å². The number of anilines is 1. The average molecular weight is 263 g/mol. The van der Waals surface area contributed by atoms with Gasteiger partial charge in [0.25, 0.3) is 0 Å². The third-order valence-corrected chi connectivity index (χ3v) is 3.48. The Balaban J connectivity index is 1.80. The van der Waals surface area contributed by atoms with E-state index in [1.54, 1.807) is 0 Å². The van der Waals surface area contributed by atoms with E-state index < -0.39 is 0 Å². The number of hydrogen-bond donors (Lipinski definition) is 4. The van der Waals surface area contributed by atoms with Crippen LogP contribution in [-0.2, 0) is 6.54 Å². The molecule has 0 aromatic heterocycles. The number of amides is 2. The van der Waals surface area contributed by atoms with E-state index in [1.165, 1.54) is 0 Å². The molecule has 1 aromatic rings. The van der Waals surface area contributed by atoms with Crippen LogP contribution in [0.2, 0.25) is 0 Å². The van der Waals surface area contributed by atoms with Gasteiger partial charge in [0.15, 0.2) is 0 Å². The van der Waals surface area contributed by atoms with Crippen LogP contribution < -0.4 is 16.4 Å². The van der Waals surface area contributed by atoms with E-state index in [0.717, 1.165) is 36.9 Å². The number of hydrogen-bond acceptors (Lipinski definition) is 3. The highest BCUT2D eigenvalue weighted by Gasteiger charge is 2.20. The van der Waals surface area contributed by atoms with E-state index >= 15 is 0 Å². The number of nitrogens with two attached hydrogens (primary N) is 1. The third-order valence-electron chi connectivity index (χ3n) is 3.48. The van der Waals surface area contributed by atoms with E-state index in [4.69, 9.17) is 5.73 Å². The Kier molecular flexibility index (Phi) is 4.76. The molecule has 1 aromatic carbocycles. The summed E-state index contributed by atoms with van der Waals surface area (Å²) in [6.45, 7) is 0.497. The third kappa shape index (κ3) is 4.22. The lowest BCUT2D eigenvalue weighted by molar-refractivity contribution is 0.118. The van der Waals surface area contributed by atoms with Crippen molar-refractivity contribution in [2.45, 2.75) is 44.4 Å². The smallest absolute Gasteiger partial charge is 0.319 e. The van der Waals surface area contributed by atoms with Gasteiger partial charge in [0, 0.05) is 18.3 Å². The quantitative estimate of drug-likeness (QED) is 0.667. The molecule has 0 aliphatic heterocycles. The molecular weight excluding hydrogens is 242 g/mol. The van der Waals surface area contributed by atoms with Crippen molar-refractivity contribution in [3.8, 4) is 0 Å². The van der Waals surface area contributed by atoms with Gasteiger partial charge in [0.05, 0.1) is 6.10 Å². The van der Waals surface area contributed by atoms with Crippen LogP contribution >= 0.6 is 0 Å². The minimum absolute atomic E-state index is 0.159. The molecule has 1 saturated carbocycles. The molecule has 5 N–H and O–H groups in total. The molecule has 104 valence electrons. The maximum atomic E-state index is 11.8. The van der Waals surface area contributed by atoms with E-state index in [0.29, 0.717) is 6.54 Å². The van der Waals surface area contributed by atoms with Gasteiger partial charge in [-0.05, 0) is 43.4 Å². The number of urea groups is 1. The summed E-state index contributed by atoms with van der Waals surface area (Å²) in [6, 6.07) is 7.44. The second-order valence-corrected chi connectivity index (χ2v) is 5.00. The first kappa shape index (κ1) is 13.8. The van der Waals surface area contributed by atoms with Gasteiger partial charge < -0.3 is 21.5 Å². The van der Waals surface area contributed by atoms with Crippen molar-refractivity contribution in [3.63, 3.8) is 0 Å². The molecule has 0 unspecified atom stereocenters. The highest BCUT2D eigenvalue weighted by molar-refractivity contribution is 5.89. The molecule has 0 saturated heterocycles. The summed E-state index contributed by atoms with van der Waals surface area (Å²) in [7, 11) is 0. The van der Waals surface area contributed by atoms with Gasteiger partial charge in [0.2, 0.25) is 0 Å². The Morgan fingerprint density at radius 3 is 2.42 bits per heavy atom. The molecule has 5 heteroatoms. The number of rotatable bonds is 3. The monoisotopic (exact) mass is 263 g/mol. The molecule has 1 fully saturated rings. The fraction of sp³-hybridized carbons (Fsp3) is 0.500. The van der Waals surface area contributed by atoms with Gasteiger partial charge in [-0.2, -0.15) is 0 Å². The van der Waals surface area contributed by atoms with Crippen molar-refractivity contribution in [2.75, 3.05) is 5.32 Å². The standard InChI is InChI=1S/C14H21N3O2/c15-9-10-1-3-11(4-2-10)16-14(19)17-12-5-7-13(18)8-6-12/h1-4,12-13,18H,5-9,15H2,(H2,16,17,19). The Bertz CT molecular complexity index is 411. The highest BCUT2D eigenvalue weighted by atomic mass is 16.3. The Morgan fingerprint density at radius 1 is 1.21 bits per heavy atom. The summed E-state index contributed by atoms with van der Waals surface area (Å²) in [4.78, 5) is 11.8. The maximum absolute atomic E-state index is 11.8. The van der Waals surface area contributed by atoms with Crippen LogP contribution in [0.1, 0.15) is 31.2 Å². The lowest BCUT2D eigenvalue weighted by atomic mass is 9.93. The van der Waals surface area contributed by atoms with Crippen molar-refractivity contribution < 1.29 is 9.90 Å². The van der Waals surface area contributed by atoms with Crippen LogP contribution in [0.25, 0.3) is 0 Å². The van der Waals surface area contributed by atoms with Gasteiger partial charge in [-0.3, -0.25) is 0 Å². The number of benzene rings is 1. The minimum Gasteiger partial charge on any atom is -0.393 e. The van der Waals surface area contributed by atoms with Crippen molar-refractivity contribution >= 4 is 11.7 Å². The molecule has 19 heavy (non-hydrogen) atoms. The Hall–Kier alpha value is -1.59. The van der Waals surface area contributed by atoms with Crippen molar-refractivity contribution in [2.24, 2.45) is 5.73 Å². The second kappa shape index (κ2) is 6.54. The average Bonchev–Trinajstić information content (AvgIpc) is 2.42. The molecule has 0 radical (unpaired) electrons. The first-order valence-corrected chi connectivity index (χ1v) is 6.72. The van der Waals surface area contributed by atoms with Crippen molar-refractivity contribution in [1.82, 2.24) is 5.32 Å². The lowest BCUT2D eigenvalue weighted by Crippen LogP contribution is -2.40. The zero-order valence-corrected chi connectivity index (χ0v) is 10.9. The molecule has 0 atom stereocenters. The predicted octanol–water partition coefficient (Wildman–Crippen LogP) is 1.57. The molecule has 2 rings (SSSR count). The summed E-state index contributed by atoms with van der Waals surface area (Å²) in [5, 5.41) is 15.1. The fourth-order valence-corrected chi connectivity index (χ4v) is 2.30. The molecular formula is C14H21N3O2. The van der Waals surface area contributed by atoms with Crippen molar-refractivity contribution in [3.05, 3.63) is 29.8 Å². The summed E-state index contributed by atoms with van der Waals surface area (Å²) in [6.07, 6.45) is 2.98. The van der Waals surface area contributed by atoms with E-state index in [1.807, 2.05) is 24.3 Å². The Labute approximate surface area is 113 Å². The minimum atomic E-state index is -0.204. The molecule has 0 heterocycles. The highest BCUT2D eigenvalue weighted by Crippen LogP contribution is 2.18. The molecule has 0 bridgehead atoms. The molecule has 1 aliphatic rings. The topological polar surface area (TPSA) is 87.4 Å². The normalized spacial score (nSPS) is 22.8. The summed E-state index contributed by atoms with van der Waals surface area (Å²) >= 11 is 0. The van der Waals surface area contributed by atoms with E-state index in [2.05, 4.69) is 10.6 Å². The first-order valence-electron chi connectivity index (χ1n) is 6.72. The largest absolute Gasteiger partial charge is 0.393 e. The van der Waals surface area contributed by atoms with Gasteiger partial charge in [0.1, 0.15) is 0 Å². The maximum Gasteiger partial charge on any atom is 0.319 e. The van der Waals surface area contributed by atoms with Crippen LogP contribution in [-0.4, -0.2) is 23.3 Å². The molecule has 2 amide bonds. The zero-order chi connectivity index (χ0) is 13.7. The summed E-state index contributed by atoms with van der Waals surface area (Å²) in [5.74, 6) is 0. The van der Waals surface area contributed by atoms with Crippen LogP contribution in [0.5, 0.6) is 0 Å². The number of carbonyl (C=O) groups excluding carboxylic acids is 1. The summed E-state index contributed by atoms with van der Waals surface area (Å²) < 4.78 is 0. The lowest BCUT2D eigenvalue weighted by Gasteiger charge is -2.26. The fourth-order valence-electron chi connectivity index (χ4n) is 2.30. The first-order chi connectivity index (χ1) is 9.17. The van der Waals surface area contributed by atoms with Crippen LogP contribution in [0, 0.1) is 0 Å². The number of nitrogens with one attached hydrogen (secondary N) is 2. The second-order valence-electron chi connectivity index (χ2n) is 5.00. The van der Waals surface area contributed by atoms with Crippen LogP contribution in [0.4, 0.5) is 10.5 Å². The van der Waals surface area contributed by atoms with Gasteiger partial charge >= 0.3 is 6.03 Å². The van der Waals surface area contributed by atoms with Gasteiger partial charge in [-0.1, -0.05) is 12.1 Å². The van der Waals surface area contributed by atoms with Gasteiger partial charge in [-0.15, -0.1) is 0 Å². The van der Waals surface area contributed by atoms with Gasteiger partial charge in [-0.25, -0.2) is 4.79 Å². The number of aliphatic hydroxyl groups excluding tert-OH is 1. The van der Waals surface area contributed by atoms with Crippen molar-refractivity contribution in [1.29, 1.82) is 0 Å². The predicted molar refractivity (Wildman–Crippen MR) is 74.8 cm³/mol.